The Morgan fingerprint density at radius 1 is 1.43 bits per heavy atom. The fraction of sp³-hybridized carbons (Fsp3) is 0.333. The summed E-state index contributed by atoms with van der Waals surface area (Å²) in [5, 5.41) is 3.00. The minimum Gasteiger partial charge on any atom is -0.486 e. The molecule has 5 heteroatoms. The molecule has 0 saturated carbocycles. The van der Waals surface area contributed by atoms with Crippen molar-refractivity contribution in [1.29, 1.82) is 0 Å². The molecule has 0 amide bonds. The van der Waals surface area contributed by atoms with E-state index in [1.807, 2.05) is 6.92 Å². The van der Waals surface area contributed by atoms with Gasteiger partial charge in [0.1, 0.15) is 6.61 Å². The Bertz CT molecular complexity index is 346. The number of halogens is 3. The summed E-state index contributed by atoms with van der Waals surface area (Å²) in [6.45, 7) is 2.26. The van der Waals surface area contributed by atoms with Crippen LogP contribution in [0.15, 0.2) is 12.1 Å². The van der Waals surface area contributed by atoms with Crippen LogP contribution in [-0.2, 0) is 0 Å². The average Bonchev–Trinajstić information content (AvgIpc) is 2.12. The molecule has 1 aromatic carbocycles. The number of ether oxygens (including phenoxy) is 1. The lowest BCUT2D eigenvalue weighted by Gasteiger charge is -2.24. The van der Waals surface area contributed by atoms with Crippen molar-refractivity contribution in [2.45, 2.75) is 13.0 Å². The number of fused-ring (bicyclic) bond motifs is 1. The molecule has 2 nitrogen and oxygen atoms in total. The van der Waals surface area contributed by atoms with Gasteiger partial charge in [0.2, 0.25) is 5.82 Å². The third-order valence-corrected chi connectivity index (χ3v) is 1.93. The third kappa shape index (κ3) is 1.75. The van der Waals surface area contributed by atoms with Gasteiger partial charge in [-0.1, -0.05) is 0 Å². The van der Waals surface area contributed by atoms with Crippen molar-refractivity contribution < 1.29 is 13.5 Å². The number of hydrogen-bond acceptors (Lipinski definition) is 2. The Balaban J connectivity index is 0.000000980. The van der Waals surface area contributed by atoms with E-state index in [1.165, 1.54) is 6.07 Å². The SMILES string of the molecule is CC1COc2c(ccc(F)c2F)N1.Cl. The topological polar surface area (TPSA) is 21.3 Å². The van der Waals surface area contributed by atoms with Crippen LogP contribution in [0.4, 0.5) is 14.5 Å². The quantitative estimate of drug-likeness (QED) is 0.727. The standard InChI is InChI=1S/C9H9F2NO.ClH/c1-5-4-13-9-7(12-5)3-2-6(10)8(9)11;/h2-3,5,12H,4H2,1H3;1H. The molecule has 78 valence electrons. The van der Waals surface area contributed by atoms with Gasteiger partial charge in [-0.3, -0.25) is 0 Å². The first-order valence-electron chi connectivity index (χ1n) is 4.06. The van der Waals surface area contributed by atoms with E-state index in [0.717, 1.165) is 6.07 Å². The highest BCUT2D eigenvalue weighted by molar-refractivity contribution is 5.85. The molecule has 0 spiro atoms. The molecule has 2 rings (SSSR count). The first kappa shape index (κ1) is 11.0. The molecule has 1 heterocycles. The Labute approximate surface area is 86.7 Å². The second kappa shape index (κ2) is 4.00. The summed E-state index contributed by atoms with van der Waals surface area (Å²) >= 11 is 0. The summed E-state index contributed by atoms with van der Waals surface area (Å²) in [6.07, 6.45) is 0. The number of rotatable bonds is 0. The van der Waals surface area contributed by atoms with Crippen LogP contribution in [0.25, 0.3) is 0 Å². The first-order chi connectivity index (χ1) is 6.18. The van der Waals surface area contributed by atoms with Crippen molar-refractivity contribution in [3.05, 3.63) is 23.8 Å². The van der Waals surface area contributed by atoms with Crippen molar-refractivity contribution >= 4 is 18.1 Å². The molecular formula is C9H10ClF2NO. The van der Waals surface area contributed by atoms with Crippen LogP contribution in [0.3, 0.4) is 0 Å². The molecule has 1 aliphatic heterocycles. The smallest absolute Gasteiger partial charge is 0.202 e. The minimum atomic E-state index is -0.920. The monoisotopic (exact) mass is 221 g/mol. The van der Waals surface area contributed by atoms with E-state index in [2.05, 4.69) is 5.32 Å². The average molecular weight is 222 g/mol. The second-order valence-corrected chi connectivity index (χ2v) is 3.09. The lowest BCUT2D eigenvalue weighted by molar-refractivity contribution is 0.272. The van der Waals surface area contributed by atoms with Gasteiger partial charge in [0.15, 0.2) is 11.6 Å². The fourth-order valence-electron chi connectivity index (χ4n) is 1.30. The lowest BCUT2D eigenvalue weighted by atomic mass is 10.2. The van der Waals surface area contributed by atoms with Crippen molar-refractivity contribution in [2.24, 2.45) is 0 Å². The molecular weight excluding hydrogens is 212 g/mol. The van der Waals surface area contributed by atoms with Gasteiger partial charge in [0.05, 0.1) is 11.7 Å². The number of nitrogens with one attached hydrogen (secondary N) is 1. The molecule has 1 aromatic rings. The number of benzene rings is 1. The maximum Gasteiger partial charge on any atom is 0.202 e. The van der Waals surface area contributed by atoms with Crippen LogP contribution >= 0.6 is 12.4 Å². The van der Waals surface area contributed by atoms with Crippen molar-refractivity contribution in [3.63, 3.8) is 0 Å². The van der Waals surface area contributed by atoms with E-state index >= 15 is 0 Å². The van der Waals surface area contributed by atoms with Crippen LogP contribution in [0.1, 0.15) is 6.92 Å². The molecule has 0 fully saturated rings. The van der Waals surface area contributed by atoms with E-state index in [9.17, 15) is 8.78 Å². The highest BCUT2D eigenvalue weighted by Crippen LogP contribution is 2.32. The molecule has 1 atom stereocenters. The van der Waals surface area contributed by atoms with Crippen LogP contribution < -0.4 is 10.1 Å². The van der Waals surface area contributed by atoms with Crippen molar-refractivity contribution in [2.75, 3.05) is 11.9 Å². The normalized spacial score (nSPS) is 18.6. The maximum absolute atomic E-state index is 13.1. The molecule has 1 N–H and O–H groups in total. The molecule has 1 unspecified atom stereocenters. The minimum absolute atomic E-state index is 0. The Morgan fingerprint density at radius 3 is 2.86 bits per heavy atom. The zero-order valence-electron chi connectivity index (χ0n) is 7.51. The molecule has 0 saturated heterocycles. The first-order valence-corrected chi connectivity index (χ1v) is 4.06. The molecule has 0 radical (unpaired) electrons. The maximum atomic E-state index is 13.1. The summed E-state index contributed by atoms with van der Waals surface area (Å²) in [4.78, 5) is 0. The van der Waals surface area contributed by atoms with Gasteiger partial charge in [-0.15, -0.1) is 12.4 Å². The van der Waals surface area contributed by atoms with Gasteiger partial charge < -0.3 is 10.1 Å². The van der Waals surface area contributed by atoms with Crippen LogP contribution in [0.2, 0.25) is 0 Å². The molecule has 1 aliphatic rings. The zero-order chi connectivity index (χ0) is 9.42. The van der Waals surface area contributed by atoms with Gasteiger partial charge in [0.25, 0.3) is 0 Å². The van der Waals surface area contributed by atoms with Crippen LogP contribution in [0.5, 0.6) is 5.75 Å². The van der Waals surface area contributed by atoms with Gasteiger partial charge in [-0.25, -0.2) is 4.39 Å². The molecule has 14 heavy (non-hydrogen) atoms. The Hall–Kier alpha value is -1.03. The summed E-state index contributed by atoms with van der Waals surface area (Å²) in [5.74, 6) is -1.81. The summed E-state index contributed by atoms with van der Waals surface area (Å²) in [7, 11) is 0. The number of hydrogen-bond donors (Lipinski definition) is 1. The largest absolute Gasteiger partial charge is 0.486 e. The Kier molecular flexibility index (Phi) is 3.16. The van der Waals surface area contributed by atoms with Gasteiger partial charge in [-0.05, 0) is 19.1 Å². The van der Waals surface area contributed by atoms with E-state index in [-0.39, 0.29) is 24.2 Å². The van der Waals surface area contributed by atoms with E-state index in [4.69, 9.17) is 4.74 Å². The highest BCUT2D eigenvalue weighted by Gasteiger charge is 2.20. The summed E-state index contributed by atoms with van der Waals surface area (Å²) in [5.41, 5.74) is 0.512. The predicted octanol–water partition coefficient (Wildman–Crippen LogP) is 2.58. The summed E-state index contributed by atoms with van der Waals surface area (Å²) < 4.78 is 30.9. The van der Waals surface area contributed by atoms with Crippen LogP contribution in [0, 0.1) is 11.6 Å². The second-order valence-electron chi connectivity index (χ2n) is 3.09. The van der Waals surface area contributed by atoms with Gasteiger partial charge in [-0.2, -0.15) is 4.39 Å². The molecule has 0 aliphatic carbocycles. The fourth-order valence-corrected chi connectivity index (χ4v) is 1.30. The number of anilines is 1. The van der Waals surface area contributed by atoms with Crippen LogP contribution in [-0.4, -0.2) is 12.6 Å². The Morgan fingerprint density at radius 2 is 2.14 bits per heavy atom. The van der Waals surface area contributed by atoms with Gasteiger partial charge in [0, 0.05) is 0 Å². The lowest BCUT2D eigenvalue weighted by Crippen LogP contribution is -2.28. The van der Waals surface area contributed by atoms with Crippen molar-refractivity contribution in [3.8, 4) is 5.75 Å². The highest BCUT2D eigenvalue weighted by atomic mass is 35.5. The summed E-state index contributed by atoms with van der Waals surface area (Å²) in [6, 6.07) is 2.68. The van der Waals surface area contributed by atoms with E-state index in [1.54, 1.807) is 0 Å². The zero-order valence-corrected chi connectivity index (χ0v) is 8.33. The third-order valence-electron chi connectivity index (χ3n) is 1.93. The van der Waals surface area contributed by atoms with E-state index < -0.39 is 11.6 Å². The molecule has 0 bridgehead atoms. The predicted molar refractivity (Wildman–Crippen MR) is 52.2 cm³/mol. The van der Waals surface area contributed by atoms with E-state index in [0.29, 0.717) is 12.3 Å². The van der Waals surface area contributed by atoms with Gasteiger partial charge >= 0.3 is 0 Å². The molecule has 0 aromatic heterocycles. The van der Waals surface area contributed by atoms with Crippen molar-refractivity contribution in [1.82, 2.24) is 0 Å².